The summed E-state index contributed by atoms with van der Waals surface area (Å²) in [5.74, 6) is 0.0381. The first-order chi connectivity index (χ1) is 11.5. The van der Waals surface area contributed by atoms with Gasteiger partial charge in [-0.25, -0.2) is 14.8 Å². The van der Waals surface area contributed by atoms with Gasteiger partial charge < -0.3 is 15.3 Å². The van der Waals surface area contributed by atoms with E-state index in [0.717, 1.165) is 23.7 Å². The third kappa shape index (κ3) is 2.47. The van der Waals surface area contributed by atoms with Crippen molar-refractivity contribution in [2.24, 2.45) is 11.3 Å². The van der Waals surface area contributed by atoms with Crippen LogP contribution < -0.4 is 5.32 Å². The van der Waals surface area contributed by atoms with E-state index in [9.17, 15) is 14.7 Å². The van der Waals surface area contributed by atoms with Crippen LogP contribution in [0.15, 0.2) is 16.9 Å². The van der Waals surface area contributed by atoms with Gasteiger partial charge in [-0.3, -0.25) is 4.79 Å². The van der Waals surface area contributed by atoms with Crippen molar-refractivity contribution < 1.29 is 14.7 Å². The van der Waals surface area contributed by atoms with Crippen molar-refractivity contribution in [1.29, 1.82) is 0 Å². The third-order valence-corrected chi connectivity index (χ3v) is 6.05. The second-order valence-corrected chi connectivity index (χ2v) is 7.91. The molecule has 2 heterocycles. The Labute approximate surface area is 148 Å². The fourth-order valence-corrected chi connectivity index (χ4v) is 4.34. The lowest BCUT2D eigenvalue weighted by atomic mass is 9.80. The Kier molecular flexibility index (Phi) is 3.74. The normalized spacial score (nSPS) is 34.0. The van der Waals surface area contributed by atoms with Crippen LogP contribution in [-0.4, -0.2) is 44.6 Å². The maximum atomic E-state index is 12.7. The number of likely N-dealkylation sites (tertiary alicyclic amines) is 1. The summed E-state index contributed by atoms with van der Waals surface area (Å²) in [7, 11) is 0. The van der Waals surface area contributed by atoms with Gasteiger partial charge in [0.1, 0.15) is 0 Å². The third-order valence-electron chi connectivity index (χ3n) is 5.64. The van der Waals surface area contributed by atoms with Crippen molar-refractivity contribution in [1.82, 2.24) is 20.2 Å². The number of nitrogens with one attached hydrogen (secondary N) is 1. The van der Waals surface area contributed by atoms with Gasteiger partial charge in [-0.2, -0.15) is 0 Å². The number of carboxylic acid groups (broad SMARTS) is 1. The predicted octanol–water partition coefficient (Wildman–Crippen LogP) is 2.34. The van der Waals surface area contributed by atoms with E-state index < -0.39 is 11.4 Å². The van der Waals surface area contributed by atoms with Gasteiger partial charge in [0.15, 0.2) is 5.82 Å². The zero-order valence-corrected chi connectivity index (χ0v) is 14.7. The highest BCUT2D eigenvalue weighted by Gasteiger charge is 2.72. The summed E-state index contributed by atoms with van der Waals surface area (Å²) in [5, 5.41) is 12.2. The van der Waals surface area contributed by atoms with Crippen LogP contribution in [0.1, 0.15) is 44.0 Å². The van der Waals surface area contributed by atoms with Crippen molar-refractivity contribution in [3.8, 4) is 0 Å². The van der Waals surface area contributed by atoms with Gasteiger partial charge in [-0.1, -0.05) is 0 Å². The molecule has 2 amide bonds. The lowest BCUT2D eigenvalue weighted by molar-refractivity contribution is -0.147. The monoisotopic (exact) mass is 394 g/mol. The maximum absolute atomic E-state index is 12.7. The zero-order valence-electron chi connectivity index (χ0n) is 13.1. The molecule has 7 nitrogen and oxygen atoms in total. The molecule has 128 valence electrons. The number of carboxylic acids is 1. The van der Waals surface area contributed by atoms with Crippen LogP contribution in [-0.2, 0) is 4.79 Å². The molecule has 4 atom stereocenters. The molecule has 2 aliphatic carbocycles. The number of fused-ring (bicyclic) bond motifs is 1. The van der Waals surface area contributed by atoms with Gasteiger partial charge in [0.25, 0.3) is 0 Å². The molecule has 1 aromatic heterocycles. The van der Waals surface area contributed by atoms with Crippen molar-refractivity contribution in [2.75, 3.05) is 6.54 Å². The van der Waals surface area contributed by atoms with E-state index in [1.807, 2.05) is 0 Å². The smallest absolute Gasteiger partial charge is 0.318 e. The molecule has 3 aliphatic rings. The first-order valence-corrected chi connectivity index (χ1v) is 9.08. The van der Waals surface area contributed by atoms with E-state index in [-0.39, 0.29) is 24.0 Å². The Hall–Kier alpha value is -1.70. The van der Waals surface area contributed by atoms with Crippen LogP contribution in [0.3, 0.4) is 0 Å². The highest BCUT2D eigenvalue weighted by atomic mass is 79.9. The number of aromatic nitrogens is 2. The lowest BCUT2D eigenvalue weighted by Crippen LogP contribution is -2.54. The number of aliphatic carboxylic acids is 1. The molecule has 24 heavy (non-hydrogen) atoms. The standard InChI is InChI=1S/C16H19BrN4O3/c17-9-7-18-13(19-8-9)12-3-1-2-4-21(12)15(24)20-11-6-16(14(22)23)5-10(11)16/h7-8,10-12H,1-6H2,(H,20,24)(H,22,23)/t10-,11-,12?,16-/m0/s1. The Balaban J connectivity index is 1.43. The minimum atomic E-state index is -0.725. The molecule has 3 fully saturated rings. The van der Waals surface area contributed by atoms with Crippen molar-refractivity contribution in [3.05, 3.63) is 22.7 Å². The molecule has 4 rings (SSSR count). The first kappa shape index (κ1) is 15.8. The highest BCUT2D eigenvalue weighted by molar-refractivity contribution is 9.10. The predicted molar refractivity (Wildman–Crippen MR) is 88.1 cm³/mol. The summed E-state index contributed by atoms with van der Waals surface area (Å²) in [6.45, 7) is 0.678. The highest BCUT2D eigenvalue weighted by Crippen LogP contribution is 2.67. The fraction of sp³-hybridized carbons (Fsp3) is 0.625. The average molecular weight is 395 g/mol. The number of nitrogens with zero attached hydrogens (tertiary/aromatic N) is 3. The Morgan fingerprint density at radius 1 is 1.29 bits per heavy atom. The van der Waals surface area contributed by atoms with Crippen LogP contribution in [0.2, 0.25) is 0 Å². The van der Waals surface area contributed by atoms with E-state index in [1.54, 1.807) is 17.3 Å². The number of hydrogen-bond donors (Lipinski definition) is 2. The van der Waals surface area contributed by atoms with Gasteiger partial charge in [0, 0.05) is 25.0 Å². The van der Waals surface area contributed by atoms with Crippen molar-refractivity contribution >= 4 is 27.9 Å². The van der Waals surface area contributed by atoms with Crippen LogP contribution in [0, 0.1) is 11.3 Å². The van der Waals surface area contributed by atoms with E-state index in [2.05, 4.69) is 31.2 Å². The van der Waals surface area contributed by atoms with E-state index in [1.165, 1.54) is 0 Å². The van der Waals surface area contributed by atoms with Crippen LogP contribution >= 0.6 is 15.9 Å². The Bertz CT molecular complexity index is 682. The second-order valence-electron chi connectivity index (χ2n) is 7.00. The Morgan fingerprint density at radius 3 is 2.67 bits per heavy atom. The van der Waals surface area contributed by atoms with Crippen molar-refractivity contribution in [3.63, 3.8) is 0 Å². The minimum absolute atomic E-state index is 0.0120. The second kappa shape index (κ2) is 5.68. The van der Waals surface area contributed by atoms with Crippen LogP contribution in [0.25, 0.3) is 0 Å². The molecule has 2 N–H and O–H groups in total. The molecule has 0 radical (unpaired) electrons. The molecule has 0 bridgehead atoms. The van der Waals surface area contributed by atoms with Crippen LogP contribution in [0.4, 0.5) is 4.79 Å². The molecule has 8 heteroatoms. The number of piperidine rings is 1. The molecule has 0 aromatic carbocycles. The molecular weight excluding hydrogens is 376 g/mol. The number of hydrogen-bond acceptors (Lipinski definition) is 4. The van der Waals surface area contributed by atoms with Gasteiger partial charge in [0.05, 0.1) is 15.9 Å². The quantitative estimate of drug-likeness (QED) is 0.819. The maximum Gasteiger partial charge on any atom is 0.318 e. The zero-order chi connectivity index (χ0) is 16.9. The van der Waals surface area contributed by atoms with Gasteiger partial charge in [0.2, 0.25) is 0 Å². The fourth-order valence-electron chi connectivity index (χ4n) is 4.13. The van der Waals surface area contributed by atoms with Gasteiger partial charge in [-0.15, -0.1) is 0 Å². The molecule has 1 aliphatic heterocycles. The summed E-state index contributed by atoms with van der Waals surface area (Å²) in [4.78, 5) is 34.4. The molecule has 1 aromatic rings. The molecular formula is C16H19BrN4O3. The van der Waals surface area contributed by atoms with E-state index >= 15 is 0 Å². The van der Waals surface area contributed by atoms with E-state index in [4.69, 9.17) is 0 Å². The summed E-state index contributed by atoms with van der Waals surface area (Å²) >= 11 is 3.33. The van der Waals surface area contributed by atoms with Gasteiger partial charge >= 0.3 is 12.0 Å². The number of rotatable bonds is 3. The first-order valence-electron chi connectivity index (χ1n) is 8.29. The minimum Gasteiger partial charge on any atom is -0.481 e. The summed E-state index contributed by atoms with van der Waals surface area (Å²) in [5.41, 5.74) is -0.548. The van der Waals surface area contributed by atoms with Crippen LogP contribution in [0.5, 0.6) is 0 Å². The summed E-state index contributed by atoms with van der Waals surface area (Å²) in [6, 6.07) is -0.250. The number of carbonyl (C=O) groups excluding carboxylic acids is 1. The number of carbonyl (C=O) groups is 2. The molecule has 1 saturated heterocycles. The average Bonchev–Trinajstić information content (AvgIpc) is 3.19. The number of urea groups is 1. The van der Waals surface area contributed by atoms with Gasteiger partial charge in [-0.05, 0) is 54.0 Å². The molecule has 0 spiro atoms. The summed E-state index contributed by atoms with van der Waals surface area (Å²) < 4.78 is 0.811. The van der Waals surface area contributed by atoms with Crippen molar-refractivity contribution in [2.45, 2.75) is 44.2 Å². The molecule has 2 saturated carbocycles. The SMILES string of the molecule is O=C(N[C@H]1C[C@@]2(C(=O)O)C[C@@H]12)N1CCCCC1c1ncc(Br)cn1. The largest absolute Gasteiger partial charge is 0.481 e. The Morgan fingerprint density at radius 2 is 2.04 bits per heavy atom. The number of halogens is 1. The topological polar surface area (TPSA) is 95.4 Å². The number of amides is 2. The lowest BCUT2D eigenvalue weighted by Gasteiger charge is -2.38. The summed E-state index contributed by atoms with van der Waals surface area (Å²) in [6.07, 6.45) is 7.49. The molecule has 1 unspecified atom stereocenters. The van der Waals surface area contributed by atoms with E-state index in [0.29, 0.717) is 25.2 Å².